The fourth-order valence-electron chi connectivity index (χ4n) is 3.54. The summed E-state index contributed by atoms with van der Waals surface area (Å²) in [5, 5.41) is 2.76. The lowest BCUT2D eigenvalue weighted by molar-refractivity contribution is 0.0745. The number of piperazine rings is 1. The van der Waals surface area contributed by atoms with Crippen molar-refractivity contribution in [1.82, 2.24) is 9.88 Å². The van der Waals surface area contributed by atoms with Gasteiger partial charge >= 0.3 is 0 Å². The molecule has 7 nitrogen and oxygen atoms in total. The van der Waals surface area contributed by atoms with Gasteiger partial charge in [-0.1, -0.05) is 12.1 Å². The lowest BCUT2D eigenvalue weighted by atomic mass is 10.0. The number of nitrogens with one attached hydrogen (secondary N) is 1. The Kier molecular flexibility index (Phi) is 5.52. The van der Waals surface area contributed by atoms with E-state index in [0.29, 0.717) is 31.9 Å². The van der Waals surface area contributed by atoms with E-state index in [2.05, 4.69) is 15.2 Å². The monoisotopic (exact) mass is 404 g/mol. The van der Waals surface area contributed by atoms with Crippen molar-refractivity contribution in [2.75, 3.05) is 36.4 Å². The number of aryl methyl sites for hydroxylation is 1. The molecular formula is C23H24N4O3. The number of furan rings is 1. The average Bonchev–Trinajstić information content (AvgIpc) is 3.31. The van der Waals surface area contributed by atoms with Gasteiger partial charge in [0.2, 0.25) is 0 Å². The molecule has 3 aromatic rings. The van der Waals surface area contributed by atoms with Crippen LogP contribution < -0.4 is 10.2 Å². The van der Waals surface area contributed by atoms with Crippen LogP contribution >= 0.6 is 0 Å². The van der Waals surface area contributed by atoms with Gasteiger partial charge in [0.05, 0.1) is 18.1 Å². The van der Waals surface area contributed by atoms with Gasteiger partial charge in [-0.05, 0) is 55.3 Å². The topological polar surface area (TPSA) is 78.7 Å². The molecule has 30 heavy (non-hydrogen) atoms. The zero-order chi connectivity index (χ0) is 21.1. The largest absolute Gasteiger partial charge is 0.459 e. The highest BCUT2D eigenvalue weighted by Gasteiger charge is 2.24. The number of benzene rings is 1. The maximum atomic E-state index is 12.9. The van der Waals surface area contributed by atoms with Crippen LogP contribution in [0.5, 0.6) is 0 Å². The summed E-state index contributed by atoms with van der Waals surface area (Å²) in [6.07, 6.45) is 3.09. The molecule has 1 aliphatic heterocycles. The Morgan fingerprint density at radius 3 is 2.47 bits per heavy atom. The van der Waals surface area contributed by atoms with E-state index in [1.54, 1.807) is 18.3 Å². The van der Waals surface area contributed by atoms with Crippen molar-refractivity contribution in [3.63, 3.8) is 0 Å². The second-order valence-electron chi connectivity index (χ2n) is 7.36. The smallest absolute Gasteiger partial charge is 0.291 e. The SMILES string of the molecule is Cc1cccc(C(=O)N2CCN(c3ccc(NC(=O)c4ccco4)cn3)CC2)c1C. The molecule has 1 N–H and O–H groups in total. The maximum absolute atomic E-state index is 12.9. The molecule has 0 unspecified atom stereocenters. The molecule has 0 atom stereocenters. The Bertz CT molecular complexity index is 1040. The maximum Gasteiger partial charge on any atom is 0.291 e. The highest BCUT2D eigenvalue weighted by Crippen LogP contribution is 2.20. The molecule has 1 saturated heterocycles. The fraction of sp³-hybridized carbons (Fsp3) is 0.261. The first kappa shape index (κ1) is 19.7. The van der Waals surface area contributed by atoms with Gasteiger partial charge in [0.1, 0.15) is 5.82 Å². The van der Waals surface area contributed by atoms with Crippen LogP contribution in [0.15, 0.2) is 59.3 Å². The first-order chi connectivity index (χ1) is 14.5. The van der Waals surface area contributed by atoms with Crippen molar-refractivity contribution in [2.45, 2.75) is 13.8 Å². The third-order valence-corrected chi connectivity index (χ3v) is 5.48. The van der Waals surface area contributed by atoms with Crippen LogP contribution in [0.3, 0.4) is 0 Å². The second kappa shape index (κ2) is 8.41. The van der Waals surface area contributed by atoms with E-state index in [-0.39, 0.29) is 17.6 Å². The Balaban J connectivity index is 1.35. The summed E-state index contributed by atoms with van der Waals surface area (Å²) in [6.45, 7) is 6.73. The van der Waals surface area contributed by atoms with Crippen LogP contribution in [0.1, 0.15) is 32.0 Å². The molecule has 4 rings (SSSR count). The fourth-order valence-corrected chi connectivity index (χ4v) is 3.54. The zero-order valence-corrected chi connectivity index (χ0v) is 17.1. The molecule has 0 bridgehead atoms. The van der Waals surface area contributed by atoms with Crippen LogP contribution in [0.4, 0.5) is 11.5 Å². The summed E-state index contributed by atoms with van der Waals surface area (Å²) in [5.41, 5.74) is 3.55. The van der Waals surface area contributed by atoms with E-state index in [1.807, 2.05) is 49.1 Å². The van der Waals surface area contributed by atoms with Gasteiger partial charge < -0.3 is 19.5 Å². The molecule has 154 valence electrons. The number of nitrogens with zero attached hydrogens (tertiary/aromatic N) is 3. The molecule has 0 radical (unpaired) electrons. The molecule has 0 spiro atoms. The summed E-state index contributed by atoms with van der Waals surface area (Å²) in [6, 6.07) is 12.8. The van der Waals surface area contributed by atoms with Crippen LogP contribution in [-0.2, 0) is 0 Å². The third kappa shape index (κ3) is 4.05. The molecule has 0 aliphatic carbocycles. The zero-order valence-electron chi connectivity index (χ0n) is 17.1. The van der Waals surface area contributed by atoms with Crippen molar-refractivity contribution in [2.24, 2.45) is 0 Å². The van der Waals surface area contributed by atoms with Gasteiger partial charge in [0, 0.05) is 31.7 Å². The van der Waals surface area contributed by atoms with Crippen LogP contribution in [0.2, 0.25) is 0 Å². The number of pyridine rings is 1. The quantitative estimate of drug-likeness (QED) is 0.720. The number of carbonyl (C=O) groups is 2. The molecule has 1 aromatic carbocycles. The molecule has 2 aromatic heterocycles. The summed E-state index contributed by atoms with van der Waals surface area (Å²) in [5.74, 6) is 0.849. The van der Waals surface area contributed by atoms with E-state index in [4.69, 9.17) is 4.42 Å². The first-order valence-corrected chi connectivity index (χ1v) is 9.94. The third-order valence-electron chi connectivity index (χ3n) is 5.48. The van der Waals surface area contributed by atoms with Gasteiger partial charge in [0.15, 0.2) is 5.76 Å². The minimum absolute atomic E-state index is 0.0831. The van der Waals surface area contributed by atoms with Crippen LogP contribution in [0.25, 0.3) is 0 Å². The number of carbonyl (C=O) groups excluding carboxylic acids is 2. The van der Waals surface area contributed by atoms with E-state index >= 15 is 0 Å². The summed E-state index contributed by atoms with van der Waals surface area (Å²) >= 11 is 0. The first-order valence-electron chi connectivity index (χ1n) is 9.94. The Morgan fingerprint density at radius 1 is 1.00 bits per heavy atom. The normalized spacial score (nSPS) is 13.9. The molecule has 2 amide bonds. The number of anilines is 2. The summed E-state index contributed by atoms with van der Waals surface area (Å²) in [4.78, 5) is 33.5. The molecule has 0 saturated carbocycles. The highest BCUT2D eigenvalue weighted by molar-refractivity contribution is 6.02. The summed E-state index contributed by atoms with van der Waals surface area (Å²) < 4.78 is 5.09. The molecular weight excluding hydrogens is 380 g/mol. The number of hydrogen-bond donors (Lipinski definition) is 1. The Hall–Kier alpha value is -3.61. The van der Waals surface area contributed by atoms with Crippen LogP contribution in [0, 0.1) is 13.8 Å². The van der Waals surface area contributed by atoms with E-state index in [0.717, 1.165) is 22.5 Å². The Morgan fingerprint density at radius 2 is 1.80 bits per heavy atom. The van der Waals surface area contributed by atoms with Crippen LogP contribution in [-0.4, -0.2) is 47.9 Å². The number of aromatic nitrogens is 1. The summed E-state index contributed by atoms with van der Waals surface area (Å²) in [7, 11) is 0. The molecule has 1 aliphatic rings. The van der Waals surface area contributed by atoms with Crippen molar-refractivity contribution < 1.29 is 14.0 Å². The van der Waals surface area contributed by atoms with Gasteiger partial charge in [-0.3, -0.25) is 9.59 Å². The molecule has 1 fully saturated rings. The predicted octanol–water partition coefficient (Wildman–Crippen LogP) is 3.51. The van der Waals surface area contributed by atoms with Gasteiger partial charge in [0.25, 0.3) is 11.8 Å². The van der Waals surface area contributed by atoms with Gasteiger partial charge in [-0.25, -0.2) is 4.98 Å². The number of amides is 2. The second-order valence-corrected chi connectivity index (χ2v) is 7.36. The van der Waals surface area contributed by atoms with Crippen molar-refractivity contribution in [1.29, 1.82) is 0 Å². The lowest BCUT2D eigenvalue weighted by Crippen LogP contribution is -2.49. The number of rotatable bonds is 4. The Labute approximate surface area is 175 Å². The minimum atomic E-state index is -0.312. The lowest BCUT2D eigenvalue weighted by Gasteiger charge is -2.35. The van der Waals surface area contributed by atoms with Crippen molar-refractivity contribution >= 4 is 23.3 Å². The van der Waals surface area contributed by atoms with E-state index in [1.165, 1.54) is 6.26 Å². The van der Waals surface area contributed by atoms with E-state index < -0.39 is 0 Å². The molecule has 3 heterocycles. The minimum Gasteiger partial charge on any atom is -0.459 e. The standard InChI is InChI=1S/C23H24N4O3/c1-16-5-3-6-19(17(16)2)23(29)27-12-10-26(11-13-27)21-9-8-18(15-24-21)25-22(28)20-7-4-14-30-20/h3-9,14-15H,10-13H2,1-2H3,(H,25,28). The average molecular weight is 404 g/mol. The number of hydrogen-bond acceptors (Lipinski definition) is 5. The molecule has 7 heteroatoms. The van der Waals surface area contributed by atoms with Crippen molar-refractivity contribution in [3.8, 4) is 0 Å². The van der Waals surface area contributed by atoms with E-state index in [9.17, 15) is 9.59 Å². The van der Waals surface area contributed by atoms with Gasteiger partial charge in [-0.2, -0.15) is 0 Å². The van der Waals surface area contributed by atoms with Gasteiger partial charge in [-0.15, -0.1) is 0 Å². The predicted molar refractivity (Wildman–Crippen MR) is 115 cm³/mol. The van der Waals surface area contributed by atoms with Crippen molar-refractivity contribution in [3.05, 3.63) is 77.4 Å². The highest BCUT2D eigenvalue weighted by atomic mass is 16.3.